The number of halogens is 2. The Bertz CT molecular complexity index is 1280. The lowest BCUT2D eigenvalue weighted by atomic mass is 10.1. The van der Waals surface area contributed by atoms with E-state index in [1.165, 1.54) is 34.6 Å². The Balaban J connectivity index is 0.00000256. The van der Waals surface area contributed by atoms with Crippen LogP contribution in [-0.4, -0.2) is 24.4 Å². The summed E-state index contributed by atoms with van der Waals surface area (Å²) in [7, 11) is -2.02. The lowest BCUT2D eigenvalue weighted by Gasteiger charge is -2.10. The van der Waals surface area contributed by atoms with Gasteiger partial charge in [0.15, 0.2) is 0 Å². The molecule has 0 bridgehead atoms. The molecule has 4 aromatic rings. The van der Waals surface area contributed by atoms with E-state index in [2.05, 4.69) is 15.6 Å². The summed E-state index contributed by atoms with van der Waals surface area (Å²) in [4.78, 5) is 4.04. The highest BCUT2D eigenvalue weighted by Crippen LogP contribution is 2.29. The van der Waals surface area contributed by atoms with Crippen LogP contribution in [0.4, 0.5) is 15.8 Å². The maximum atomic E-state index is 13.5. The summed E-state index contributed by atoms with van der Waals surface area (Å²) < 4.78 is 41.2. The van der Waals surface area contributed by atoms with Gasteiger partial charge in [0.2, 0.25) is 0 Å². The van der Waals surface area contributed by atoms with Crippen LogP contribution in [0.3, 0.4) is 0 Å². The normalized spacial score (nSPS) is 11.3. The van der Waals surface area contributed by atoms with Gasteiger partial charge in [-0.2, -0.15) is 0 Å². The Morgan fingerprint density at radius 3 is 2.57 bits per heavy atom. The maximum absolute atomic E-state index is 13.5. The number of pyridine rings is 1. The monoisotopic (exact) mass is 446 g/mol. The van der Waals surface area contributed by atoms with Crippen LogP contribution in [0.15, 0.2) is 78.1 Å². The van der Waals surface area contributed by atoms with E-state index in [-0.39, 0.29) is 23.1 Å². The number of fused-ring (bicyclic) bond motifs is 1. The molecule has 0 spiro atoms. The molecule has 0 unspecified atom stereocenters. The highest BCUT2D eigenvalue weighted by atomic mass is 35.5. The van der Waals surface area contributed by atoms with Gasteiger partial charge in [0.1, 0.15) is 10.7 Å². The van der Waals surface area contributed by atoms with Crippen molar-refractivity contribution in [1.29, 1.82) is 0 Å². The van der Waals surface area contributed by atoms with E-state index in [1.54, 1.807) is 37.5 Å². The Kier molecular flexibility index (Phi) is 6.40. The Labute approximate surface area is 180 Å². The molecule has 2 N–H and O–H groups in total. The molecule has 0 saturated carbocycles. The minimum absolute atomic E-state index is 0. The Hall–Kier alpha value is -2.94. The lowest BCUT2D eigenvalue weighted by Crippen LogP contribution is -2.12. The molecular weight excluding hydrogens is 427 g/mol. The minimum atomic E-state index is -3.82. The summed E-state index contributed by atoms with van der Waals surface area (Å²) in [5.74, 6) is -0.352. The Morgan fingerprint density at radius 2 is 1.87 bits per heavy atom. The van der Waals surface area contributed by atoms with E-state index in [0.717, 1.165) is 10.9 Å². The third-order valence-corrected chi connectivity index (χ3v) is 6.18. The van der Waals surface area contributed by atoms with Gasteiger partial charge in [-0.3, -0.25) is 4.98 Å². The van der Waals surface area contributed by atoms with Gasteiger partial charge >= 0.3 is 0 Å². The van der Waals surface area contributed by atoms with Gasteiger partial charge in [-0.1, -0.05) is 12.1 Å². The van der Waals surface area contributed by atoms with E-state index in [1.807, 2.05) is 12.1 Å². The van der Waals surface area contributed by atoms with Crippen LogP contribution >= 0.6 is 12.4 Å². The first kappa shape index (κ1) is 21.8. The summed E-state index contributed by atoms with van der Waals surface area (Å²) in [6.07, 6.45) is 4.48. The van der Waals surface area contributed by atoms with E-state index in [0.29, 0.717) is 23.4 Å². The zero-order chi connectivity index (χ0) is 20.4. The zero-order valence-corrected chi connectivity index (χ0v) is 17.7. The SMILES string of the molecule is CNCc1cn(S(=O)(=O)c2cccnc2)c2cc(Nc3cccc(F)c3)ccc12.Cl. The summed E-state index contributed by atoms with van der Waals surface area (Å²) >= 11 is 0. The topological polar surface area (TPSA) is 76.0 Å². The molecule has 6 nitrogen and oxygen atoms in total. The quantitative estimate of drug-likeness (QED) is 0.462. The number of rotatable bonds is 6. The van der Waals surface area contributed by atoms with Gasteiger partial charge in [-0.15, -0.1) is 12.4 Å². The van der Waals surface area contributed by atoms with Gasteiger partial charge in [0, 0.05) is 41.9 Å². The molecule has 0 amide bonds. The molecule has 2 aromatic carbocycles. The molecule has 156 valence electrons. The Morgan fingerprint density at radius 1 is 1.07 bits per heavy atom. The van der Waals surface area contributed by atoms with E-state index in [9.17, 15) is 12.8 Å². The van der Waals surface area contributed by atoms with Crippen molar-refractivity contribution in [3.05, 3.63) is 84.6 Å². The number of benzene rings is 2. The number of hydrogen-bond donors (Lipinski definition) is 2. The van der Waals surface area contributed by atoms with E-state index >= 15 is 0 Å². The predicted octanol–water partition coefficient (Wildman–Crippen LogP) is 4.30. The second-order valence-corrected chi connectivity index (χ2v) is 8.36. The van der Waals surface area contributed by atoms with Gasteiger partial charge in [0.25, 0.3) is 10.0 Å². The number of aromatic nitrogens is 2. The molecule has 30 heavy (non-hydrogen) atoms. The molecule has 2 heterocycles. The number of nitrogens with zero attached hydrogens (tertiary/aromatic N) is 2. The molecule has 0 saturated heterocycles. The largest absolute Gasteiger partial charge is 0.355 e. The van der Waals surface area contributed by atoms with Crippen LogP contribution < -0.4 is 10.6 Å². The van der Waals surface area contributed by atoms with Crippen LogP contribution in [0.1, 0.15) is 5.56 Å². The number of nitrogens with one attached hydrogen (secondary N) is 2. The van der Waals surface area contributed by atoms with Crippen molar-refractivity contribution in [2.75, 3.05) is 12.4 Å². The fraction of sp³-hybridized carbons (Fsp3) is 0.0952. The van der Waals surface area contributed by atoms with Gasteiger partial charge in [-0.05, 0) is 55.1 Å². The molecule has 9 heteroatoms. The van der Waals surface area contributed by atoms with Crippen LogP contribution in [0.2, 0.25) is 0 Å². The molecule has 4 rings (SSSR count). The molecular formula is C21H20ClFN4O2S. The van der Waals surface area contributed by atoms with E-state index < -0.39 is 10.0 Å². The standard InChI is InChI=1S/C21H19FN4O2S.ClH/c1-23-12-15-14-26(29(27,28)19-6-3-9-24-13-19)21-11-18(7-8-20(15)21)25-17-5-2-4-16(22)10-17;/h2-11,13-14,23,25H,12H2,1H3;1H. The molecule has 0 aliphatic heterocycles. The third-order valence-electron chi connectivity index (χ3n) is 4.53. The third kappa shape index (κ3) is 4.16. The smallest absolute Gasteiger partial charge is 0.269 e. The van der Waals surface area contributed by atoms with E-state index in [4.69, 9.17) is 0 Å². The second-order valence-electron chi connectivity index (χ2n) is 6.54. The molecule has 2 aromatic heterocycles. The van der Waals surface area contributed by atoms with Crippen LogP contribution in [0, 0.1) is 5.82 Å². The number of anilines is 2. The molecule has 0 aliphatic carbocycles. The molecule has 0 fully saturated rings. The van der Waals surface area contributed by atoms with Gasteiger partial charge in [0.05, 0.1) is 5.52 Å². The van der Waals surface area contributed by atoms with Crippen molar-refractivity contribution in [1.82, 2.24) is 14.3 Å². The van der Waals surface area contributed by atoms with Crippen molar-refractivity contribution in [2.24, 2.45) is 0 Å². The predicted molar refractivity (Wildman–Crippen MR) is 118 cm³/mol. The van der Waals surface area contributed by atoms with Crippen molar-refractivity contribution < 1.29 is 12.8 Å². The summed E-state index contributed by atoms with van der Waals surface area (Å²) in [6.45, 7) is 0.517. The van der Waals surface area contributed by atoms with Crippen LogP contribution in [0.5, 0.6) is 0 Å². The minimum Gasteiger partial charge on any atom is -0.355 e. The first-order valence-corrected chi connectivity index (χ1v) is 10.4. The van der Waals surface area contributed by atoms with Crippen molar-refractivity contribution in [3.63, 3.8) is 0 Å². The van der Waals surface area contributed by atoms with Crippen molar-refractivity contribution in [2.45, 2.75) is 11.4 Å². The lowest BCUT2D eigenvalue weighted by molar-refractivity contribution is 0.588. The zero-order valence-electron chi connectivity index (χ0n) is 16.0. The summed E-state index contributed by atoms with van der Waals surface area (Å²) in [6, 6.07) is 14.6. The first-order valence-electron chi connectivity index (χ1n) is 8.96. The fourth-order valence-corrected chi connectivity index (χ4v) is 4.57. The first-order chi connectivity index (χ1) is 14.0. The highest BCUT2D eigenvalue weighted by Gasteiger charge is 2.21. The van der Waals surface area contributed by atoms with Crippen LogP contribution in [-0.2, 0) is 16.6 Å². The number of hydrogen-bond acceptors (Lipinski definition) is 5. The molecule has 0 atom stereocenters. The highest BCUT2D eigenvalue weighted by molar-refractivity contribution is 7.90. The fourth-order valence-electron chi connectivity index (χ4n) is 3.22. The van der Waals surface area contributed by atoms with Crippen LogP contribution in [0.25, 0.3) is 10.9 Å². The summed E-state index contributed by atoms with van der Waals surface area (Å²) in [5, 5.41) is 7.00. The maximum Gasteiger partial charge on any atom is 0.269 e. The van der Waals surface area contributed by atoms with Crippen molar-refractivity contribution >= 4 is 44.7 Å². The van der Waals surface area contributed by atoms with Gasteiger partial charge < -0.3 is 10.6 Å². The average Bonchev–Trinajstić information content (AvgIpc) is 3.08. The second kappa shape index (κ2) is 8.83. The molecule has 0 aliphatic rings. The van der Waals surface area contributed by atoms with Gasteiger partial charge in [-0.25, -0.2) is 16.8 Å². The summed E-state index contributed by atoms with van der Waals surface area (Å²) in [5.41, 5.74) is 2.61. The average molecular weight is 447 g/mol. The van der Waals surface area contributed by atoms with Crippen molar-refractivity contribution in [3.8, 4) is 0 Å². The molecule has 0 radical (unpaired) electrons.